The highest BCUT2D eigenvalue weighted by Crippen LogP contribution is 2.08. The molecule has 0 spiro atoms. The zero-order chi connectivity index (χ0) is 12.0. The molecule has 0 aliphatic heterocycles. The van der Waals surface area contributed by atoms with E-state index in [0.717, 1.165) is 5.56 Å². The van der Waals surface area contributed by atoms with Crippen LogP contribution in [0.2, 0.25) is 0 Å². The predicted octanol–water partition coefficient (Wildman–Crippen LogP) is 1.39. The number of nitrogen functional groups attached to an aromatic ring is 1. The summed E-state index contributed by atoms with van der Waals surface area (Å²) in [6, 6.07) is 7.21. The maximum atomic E-state index is 11.5. The van der Waals surface area contributed by atoms with E-state index in [9.17, 15) is 4.79 Å². The summed E-state index contributed by atoms with van der Waals surface area (Å²) in [6.45, 7) is 2.20. The summed E-state index contributed by atoms with van der Waals surface area (Å²) < 4.78 is 10.0. The van der Waals surface area contributed by atoms with E-state index in [1.807, 2.05) is 12.1 Å². The normalized spacial score (nSPS) is 12.1. The molecule has 88 valence electrons. The number of rotatable bonds is 5. The first-order valence-electron chi connectivity index (χ1n) is 5.14. The number of carbonyl (C=O) groups excluding carboxylic acids is 1. The Kier molecular flexibility index (Phi) is 4.79. The van der Waals surface area contributed by atoms with Crippen LogP contribution in [0.15, 0.2) is 24.3 Å². The van der Waals surface area contributed by atoms with Crippen molar-refractivity contribution in [2.24, 2.45) is 0 Å². The lowest BCUT2D eigenvalue weighted by molar-refractivity contribution is -0.149. The zero-order valence-corrected chi connectivity index (χ0v) is 9.60. The van der Waals surface area contributed by atoms with E-state index in [0.29, 0.717) is 12.3 Å². The molecule has 1 aromatic carbocycles. The van der Waals surface area contributed by atoms with Crippen molar-refractivity contribution in [1.29, 1.82) is 0 Å². The van der Waals surface area contributed by atoms with E-state index < -0.39 is 0 Å². The number of benzene rings is 1. The molecule has 0 radical (unpaired) electrons. The first-order valence-corrected chi connectivity index (χ1v) is 5.14. The third-order valence-electron chi connectivity index (χ3n) is 2.03. The fraction of sp³-hybridized carbons (Fsp3) is 0.417. The van der Waals surface area contributed by atoms with Crippen molar-refractivity contribution in [3.8, 4) is 0 Å². The fourth-order valence-corrected chi connectivity index (χ4v) is 1.40. The molecule has 0 aliphatic carbocycles. The molecule has 1 atom stereocenters. The van der Waals surface area contributed by atoms with Gasteiger partial charge in [-0.3, -0.25) is 4.79 Å². The number of methoxy groups -OCH3 is 1. The van der Waals surface area contributed by atoms with E-state index >= 15 is 0 Å². The molecule has 0 saturated carbocycles. The van der Waals surface area contributed by atoms with Gasteiger partial charge >= 0.3 is 5.97 Å². The highest BCUT2D eigenvalue weighted by molar-refractivity contribution is 5.73. The second-order valence-electron chi connectivity index (χ2n) is 3.68. The number of anilines is 1. The molecule has 1 aromatic rings. The van der Waals surface area contributed by atoms with Crippen molar-refractivity contribution in [2.75, 3.05) is 19.5 Å². The minimum absolute atomic E-state index is 0.224. The minimum atomic E-state index is -0.268. The highest BCUT2D eigenvalue weighted by Gasteiger charge is 2.09. The SMILES string of the molecule is COC[C@H](C)OC(=O)Cc1cccc(N)c1. The van der Waals surface area contributed by atoms with Crippen LogP contribution in [0.1, 0.15) is 12.5 Å². The van der Waals surface area contributed by atoms with Gasteiger partial charge in [-0.2, -0.15) is 0 Å². The van der Waals surface area contributed by atoms with Gasteiger partial charge in [-0.15, -0.1) is 0 Å². The van der Waals surface area contributed by atoms with Crippen LogP contribution < -0.4 is 5.73 Å². The second-order valence-corrected chi connectivity index (χ2v) is 3.68. The van der Waals surface area contributed by atoms with E-state index in [1.165, 1.54) is 0 Å². The Morgan fingerprint density at radius 2 is 2.25 bits per heavy atom. The molecule has 0 unspecified atom stereocenters. The highest BCUT2D eigenvalue weighted by atomic mass is 16.6. The van der Waals surface area contributed by atoms with E-state index in [2.05, 4.69) is 0 Å². The van der Waals surface area contributed by atoms with Crippen molar-refractivity contribution >= 4 is 11.7 Å². The second kappa shape index (κ2) is 6.12. The van der Waals surface area contributed by atoms with Crippen molar-refractivity contribution < 1.29 is 14.3 Å². The number of ether oxygens (including phenoxy) is 2. The minimum Gasteiger partial charge on any atom is -0.460 e. The molecule has 4 heteroatoms. The summed E-state index contributed by atoms with van der Waals surface area (Å²) in [5.74, 6) is -0.268. The lowest BCUT2D eigenvalue weighted by Gasteiger charge is -2.12. The van der Waals surface area contributed by atoms with Gasteiger partial charge in [-0.1, -0.05) is 12.1 Å². The monoisotopic (exact) mass is 223 g/mol. The standard InChI is InChI=1S/C12H17NO3/c1-9(8-15-2)16-12(14)7-10-4-3-5-11(13)6-10/h3-6,9H,7-8,13H2,1-2H3/t9-/m0/s1. The number of esters is 1. The molecule has 0 heterocycles. The van der Waals surface area contributed by atoms with Gasteiger partial charge in [0.2, 0.25) is 0 Å². The topological polar surface area (TPSA) is 61.5 Å². The molecule has 0 amide bonds. The van der Waals surface area contributed by atoms with E-state index in [-0.39, 0.29) is 18.5 Å². The average Bonchev–Trinajstić information content (AvgIpc) is 2.17. The van der Waals surface area contributed by atoms with E-state index in [4.69, 9.17) is 15.2 Å². The van der Waals surface area contributed by atoms with Crippen LogP contribution in [0.25, 0.3) is 0 Å². The van der Waals surface area contributed by atoms with Gasteiger partial charge in [-0.25, -0.2) is 0 Å². The largest absolute Gasteiger partial charge is 0.460 e. The van der Waals surface area contributed by atoms with Crippen LogP contribution >= 0.6 is 0 Å². The van der Waals surface area contributed by atoms with Gasteiger partial charge in [0.05, 0.1) is 13.0 Å². The Bertz CT molecular complexity index is 352. The predicted molar refractivity (Wildman–Crippen MR) is 62.0 cm³/mol. The average molecular weight is 223 g/mol. The van der Waals surface area contributed by atoms with Crippen molar-refractivity contribution in [3.05, 3.63) is 29.8 Å². The van der Waals surface area contributed by atoms with Crippen molar-refractivity contribution in [2.45, 2.75) is 19.4 Å². The van der Waals surface area contributed by atoms with Crippen molar-refractivity contribution in [3.63, 3.8) is 0 Å². The Morgan fingerprint density at radius 3 is 2.88 bits per heavy atom. The lowest BCUT2D eigenvalue weighted by Crippen LogP contribution is -2.20. The van der Waals surface area contributed by atoms with Crippen LogP contribution in [0.3, 0.4) is 0 Å². The Balaban J connectivity index is 2.45. The van der Waals surface area contributed by atoms with Gasteiger partial charge in [0, 0.05) is 12.8 Å². The summed E-state index contributed by atoms with van der Waals surface area (Å²) >= 11 is 0. The third-order valence-corrected chi connectivity index (χ3v) is 2.03. The molecule has 0 aliphatic rings. The van der Waals surface area contributed by atoms with Crippen molar-refractivity contribution in [1.82, 2.24) is 0 Å². The summed E-state index contributed by atoms with van der Waals surface area (Å²) in [5.41, 5.74) is 7.12. The lowest BCUT2D eigenvalue weighted by atomic mass is 10.1. The molecular weight excluding hydrogens is 206 g/mol. The quantitative estimate of drug-likeness (QED) is 0.605. The number of nitrogens with two attached hydrogens (primary N) is 1. The first kappa shape index (κ1) is 12.5. The van der Waals surface area contributed by atoms with Crippen LogP contribution in [-0.4, -0.2) is 25.8 Å². The number of hydrogen-bond acceptors (Lipinski definition) is 4. The van der Waals surface area contributed by atoms with Gasteiger partial charge in [-0.05, 0) is 24.6 Å². The molecule has 2 N–H and O–H groups in total. The van der Waals surface area contributed by atoms with Gasteiger partial charge in [0.1, 0.15) is 6.10 Å². The Morgan fingerprint density at radius 1 is 1.50 bits per heavy atom. The summed E-state index contributed by atoms with van der Waals surface area (Å²) in [5, 5.41) is 0. The van der Waals surface area contributed by atoms with Crippen LogP contribution in [-0.2, 0) is 20.7 Å². The van der Waals surface area contributed by atoms with Crippen LogP contribution in [0.4, 0.5) is 5.69 Å². The third kappa shape index (κ3) is 4.31. The molecule has 0 saturated heterocycles. The van der Waals surface area contributed by atoms with Crippen LogP contribution in [0, 0.1) is 0 Å². The Hall–Kier alpha value is -1.55. The summed E-state index contributed by atoms with van der Waals surface area (Å²) in [7, 11) is 1.57. The number of hydrogen-bond donors (Lipinski definition) is 1. The van der Waals surface area contributed by atoms with Gasteiger partial charge in [0.25, 0.3) is 0 Å². The molecule has 0 bridgehead atoms. The first-order chi connectivity index (χ1) is 7.61. The Labute approximate surface area is 95.3 Å². The van der Waals surface area contributed by atoms with Gasteiger partial charge in [0.15, 0.2) is 0 Å². The maximum Gasteiger partial charge on any atom is 0.310 e. The molecule has 1 rings (SSSR count). The van der Waals surface area contributed by atoms with Crippen LogP contribution in [0.5, 0.6) is 0 Å². The molecule has 0 fully saturated rings. The smallest absolute Gasteiger partial charge is 0.310 e. The fourth-order valence-electron chi connectivity index (χ4n) is 1.40. The molecule has 4 nitrogen and oxygen atoms in total. The number of carbonyl (C=O) groups is 1. The van der Waals surface area contributed by atoms with E-state index in [1.54, 1.807) is 26.2 Å². The summed E-state index contributed by atoms with van der Waals surface area (Å²) in [6.07, 6.45) is 0.0117. The molecule has 0 aromatic heterocycles. The maximum absolute atomic E-state index is 11.5. The van der Waals surface area contributed by atoms with Gasteiger partial charge < -0.3 is 15.2 Å². The molecular formula is C12H17NO3. The zero-order valence-electron chi connectivity index (χ0n) is 9.60. The molecule has 16 heavy (non-hydrogen) atoms. The summed E-state index contributed by atoms with van der Waals surface area (Å²) in [4.78, 5) is 11.5.